The number of aromatic nitrogens is 1. The van der Waals surface area contributed by atoms with Gasteiger partial charge in [-0.25, -0.2) is 4.79 Å². The van der Waals surface area contributed by atoms with Crippen molar-refractivity contribution in [1.82, 2.24) is 4.98 Å². The maximum Gasteiger partial charge on any atom is 0.411 e. The molecular weight excluding hydrogens is 266 g/mol. The minimum atomic E-state index is -3.03. The first kappa shape index (κ1) is 14.7. The number of carbonyl (C=O) groups is 1. The normalized spacial score (nSPS) is 17.1. The second-order valence-electron chi connectivity index (χ2n) is 5.79. The fraction of sp³-hybridized carbons (Fsp3) is 0.571. The number of carboxylic acid groups (broad SMARTS) is 1. The van der Waals surface area contributed by atoms with E-state index in [9.17, 15) is 18.7 Å². The van der Waals surface area contributed by atoms with Crippen molar-refractivity contribution in [1.29, 1.82) is 0 Å². The molecule has 2 heterocycles. The second-order valence-corrected chi connectivity index (χ2v) is 5.79. The van der Waals surface area contributed by atoms with Crippen molar-refractivity contribution in [2.24, 2.45) is 0 Å². The first-order valence-electron chi connectivity index (χ1n) is 6.58. The maximum absolute atomic E-state index is 13.9. The molecule has 20 heavy (non-hydrogen) atoms. The Bertz CT molecular complexity index is 544. The number of nitrogens with zero attached hydrogens (tertiary/aromatic N) is 2. The van der Waals surface area contributed by atoms with E-state index in [-0.39, 0.29) is 18.7 Å². The Morgan fingerprint density at radius 1 is 1.55 bits per heavy atom. The standard InChI is InChI=1S/C14H18F2N2O2/c1-4-5-14(15,16)11-6-10-9(7-17-11)13(2,3)8-18(10)12(19)20/h6-7H,4-5,8H2,1-3H3,(H,19,20). The van der Waals surface area contributed by atoms with Crippen molar-refractivity contribution in [2.75, 3.05) is 11.4 Å². The first-order chi connectivity index (χ1) is 9.19. The van der Waals surface area contributed by atoms with Crippen molar-refractivity contribution in [3.05, 3.63) is 23.5 Å². The molecule has 2 rings (SSSR count). The molecule has 0 unspecified atom stereocenters. The average molecular weight is 284 g/mol. The number of amides is 1. The summed E-state index contributed by atoms with van der Waals surface area (Å²) in [5.41, 5.74) is 0.237. The molecule has 0 fully saturated rings. The molecule has 4 nitrogen and oxygen atoms in total. The number of anilines is 1. The fourth-order valence-electron chi connectivity index (χ4n) is 2.57. The van der Waals surface area contributed by atoms with E-state index in [1.807, 2.05) is 13.8 Å². The van der Waals surface area contributed by atoms with Crippen LogP contribution < -0.4 is 4.90 Å². The molecule has 1 aliphatic rings. The molecule has 1 aliphatic heterocycles. The lowest BCUT2D eigenvalue weighted by atomic mass is 9.88. The predicted molar refractivity (Wildman–Crippen MR) is 71.4 cm³/mol. The summed E-state index contributed by atoms with van der Waals surface area (Å²) in [5, 5.41) is 9.21. The minimum absolute atomic E-state index is 0.252. The summed E-state index contributed by atoms with van der Waals surface area (Å²) in [4.78, 5) is 16.2. The Labute approximate surface area is 116 Å². The monoisotopic (exact) mass is 284 g/mol. The molecule has 1 amide bonds. The van der Waals surface area contributed by atoms with Crippen molar-refractivity contribution >= 4 is 11.8 Å². The predicted octanol–water partition coefficient (Wildman–Crippen LogP) is 3.75. The lowest BCUT2D eigenvalue weighted by molar-refractivity contribution is -0.0184. The number of fused-ring (bicyclic) bond motifs is 1. The Balaban J connectivity index is 2.50. The van der Waals surface area contributed by atoms with Crippen LogP contribution in [0.2, 0.25) is 0 Å². The van der Waals surface area contributed by atoms with Gasteiger partial charge in [0.2, 0.25) is 0 Å². The third kappa shape index (κ3) is 2.34. The first-order valence-corrected chi connectivity index (χ1v) is 6.58. The molecule has 0 spiro atoms. The van der Waals surface area contributed by atoms with Gasteiger partial charge in [0, 0.05) is 30.1 Å². The van der Waals surface area contributed by atoms with Crippen molar-refractivity contribution in [3.8, 4) is 0 Å². The van der Waals surface area contributed by atoms with Crippen LogP contribution >= 0.6 is 0 Å². The Morgan fingerprint density at radius 3 is 2.75 bits per heavy atom. The Morgan fingerprint density at radius 2 is 2.20 bits per heavy atom. The molecule has 110 valence electrons. The number of pyridine rings is 1. The van der Waals surface area contributed by atoms with E-state index in [0.717, 1.165) is 4.90 Å². The summed E-state index contributed by atoms with van der Waals surface area (Å²) in [6.45, 7) is 5.68. The van der Waals surface area contributed by atoms with E-state index in [4.69, 9.17) is 0 Å². The molecule has 0 bridgehead atoms. The summed E-state index contributed by atoms with van der Waals surface area (Å²) < 4.78 is 27.8. The van der Waals surface area contributed by atoms with Crippen LogP contribution in [0.4, 0.5) is 19.3 Å². The van der Waals surface area contributed by atoms with Gasteiger partial charge in [-0.1, -0.05) is 27.2 Å². The number of hydrogen-bond donors (Lipinski definition) is 1. The quantitative estimate of drug-likeness (QED) is 0.919. The van der Waals surface area contributed by atoms with Gasteiger partial charge in [-0.05, 0) is 6.07 Å². The largest absolute Gasteiger partial charge is 0.465 e. The highest BCUT2D eigenvalue weighted by molar-refractivity contribution is 5.90. The molecule has 1 aromatic rings. The van der Waals surface area contributed by atoms with Crippen molar-refractivity contribution in [3.63, 3.8) is 0 Å². The molecule has 0 aromatic carbocycles. The van der Waals surface area contributed by atoms with Crippen molar-refractivity contribution in [2.45, 2.75) is 45.0 Å². The number of rotatable bonds is 3. The molecule has 1 aromatic heterocycles. The summed E-state index contributed by atoms with van der Waals surface area (Å²) in [5.74, 6) is -3.03. The molecule has 0 aliphatic carbocycles. The zero-order valence-electron chi connectivity index (χ0n) is 11.8. The Hall–Kier alpha value is -1.72. The highest BCUT2D eigenvalue weighted by Gasteiger charge is 2.41. The van der Waals surface area contributed by atoms with Crippen LogP contribution in [0.5, 0.6) is 0 Å². The van der Waals surface area contributed by atoms with E-state index in [1.165, 1.54) is 12.3 Å². The summed E-state index contributed by atoms with van der Waals surface area (Å²) in [7, 11) is 0. The third-order valence-corrected chi connectivity index (χ3v) is 3.63. The van der Waals surface area contributed by atoms with Gasteiger partial charge in [0.05, 0.1) is 5.69 Å². The fourth-order valence-corrected chi connectivity index (χ4v) is 2.57. The van der Waals surface area contributed by atoms with Crippen molar-refractivity contribution < 1.29 is 18.7 Å². The smallest absolute Gasteiger partial charge is 0.411 e. The van der Waals surface area contributed by atoms with Crippen LogP contribution in [-0.2, 0) is 11.3 Å². The van der Waals surface area contributed by atoms with Gasteiger partial charge in [-0.15, -0.1) is 0 Å². The zero-order valence-corrected chi connectivity index (χ0v) is 11.8. The lowest BCUT2D eigenvalue weighted by Gasteiger charge is -2.18. The highest BCUT2D eigenvalue weighted by atomic mass is 19.3. The molecular formula is C14H18F2N2O2. The van der Waals surface area contributed by atoms with E-state index in [0.29, 0.717) is 17.7 Å². The number of alkyl halides is 2. The minimum Gasteiger partial charge on any atom is -0.465 e. The van der Waals surface area contributed by atoms with Gasteiger partial charge in [0.1, 0.15) is 5.69 Å². The van der Waals surface area contributed by atoms with Gasteiger partial charge >= 0.3 is 6.09 Å². The summed E-state index contributed by atoms with van der Waals surface area (Å²) in [6.07, 6.45) is 0.291. The topological polar surface area (TPSA) is 53.4 Å². The third-order valence-electron chi connectivity index (χ3n) is 3.63. The van der Waals surface area contributed by atoms with E-state index in [1.54, 1.807) is 6.92 Å². The van der Waals surface area contributed by atoms with Gasteiger partial charge < -0.3 is 5.11 Å². The highest BCUT2D eigenvalue weighted by Crippen LogP contribution is 2.42. The van der Waals surface area contributed by atoms with E-state index >= 15 is 0 Å². The molecule has 1 N–H and O–H groups in total. The number of hydrogen-bond acceptors (Lipinski definition) is 2. The molecule has 0 radical (unpaired) electrons. The molecule has 0 atom stereocenters. The van der Waals surface area contributed by atoms with Gasteiger partial charge in [-0.3, -0.25) is 9.88 Å². The summed E-state index contributed by atoms with van der Waals surface area (Å²) in [6, 6.07) is 1.22. The maximum atomic E-state index is 13.9. The van der Waals surface area contributed by atoms with Crippen LogP contribution in [0.25, 0.3) is 0 Å². The van der Waals surface area contributed by atoms with Gasteiger partial charge in [0.25, 0.3) is 5.92 Å². The second kappa shape index (κ2) is 4.68. The lowest BCUT2D eigenvalue weighted by Crippen LogP contribution is -2.32. The Kier molecular flexibility index (Phi) is 3.44. The van der Waals surface area contributed by atoms with Crippen LogP contribution in [0.3, 0.4) is 0 Å². The number of halogens is 2. The van der Waals surface area contributed by atoms with Gasteiger partial charge in [-0.2, -0.15) is 8.78 Å². The molecule has 0 saturated heterocycles. The van der Waals surface area contributed by atoms with E-state index in [2.05, 4.69) is 4.98 Å². The molecule has 6 heteroatoms. The SMILES string of the molecule is CCCC(F)(F)c1cc2c(cn1)C(C)(C)CN2C(=O)O. The summed E-state index contributed by atoms with van der Waals surface area (Å²) >= 11 is 0. The van der Waals surface area contributed by atoms with Gasteiger partial charge in [0.15, 0.2) is 0 Å². The van der Waals surface area contributed by atoms with Crippen LogP contribution in [-0.4, -0.2) is 22.7 Å². The van der Waals surface area contributed by atoms with E-state index < -0.39 is 17.4 Å². The van der Waals surface area contributed by atoms with Crippen LogP contribution in [0.15, 0.2) is 12.3 Å². The van der Waals surface area contributed by atoms with Crippen LogP contribution in [0.1, 0.15) is 44.9 Å². The molecule has 0 saturated carbocycles. The van der Waals surface area contributed by atoms with Crippen LogP contribution in [0, 0.1) is 0 Å². The zero-order chi connectivity index (χ0) is 15.1. The average Bonchev–Trinajstić information content (AvgIpc) is 2.61.